The van der Waals surface area contributed by atoms with E-state index in [0.29, 0.717) is 77.3 Å². The van der Waals surface area contributed by atoms with Crippen LogP contribution in [0.1, 0.15) is 86.8 Å². The Hall–Kier alpha value is -4.31. The summed E-state index contributed by atoms with van der Waals surface area (Å²) in [5.41, 5.74) is 11.0. The first-order chi connectivity index (χ1) is 32.1. The average molecular weight is 958 g/mol. The third-order valence-corrected chi connectivity index (χ3v) is 12.7. The lowest BCUT2D eigenvalue weighted by Crippen LogP contribution is -2.16. The molecule has 0 saturated carbocycles. The number of ether oxygens (including phenoxy) is 2. The fourth-order valence-electron chi connectivity index (χ4n) is 7.75. The van der Waals surface area contributed by atoms with Crippen molar-refractivity contribution in [3.63, 3.8) is 0 Å². The van der Waals surface area contributed by atoms with Gasteiger partial charge in [0.1, 0.15) is 11.5 Å². The third-order valence-electron chi connectivity index (χ3n) is 11.1. The van der Waals surface area contributed by atoms with Gasteiger partial charge in [-0.3, -0.25) is 4.57 Å². The highest BCUT2D eigenvalue weighted by molar-refractivity contribution is 7.33. The summed E-state index contributed by atoms with van der Waals surface area (Å²) in [7, 11) is -2.57. The Balaban J connectivity index is 0.831. The molecule has 0 aliphatic carbocycles. The molecule has 2 heterocycles. The zero-order chi connectivity index (χ0) is 46.5. The van der Waals surface area contributed by atoms with Crippen molar-refractivity contribution in [3.8, 4) is 33.8 Å². The third kappa shape index (κ3) is 17.1. The van der Waals surface area contributed by atoms with E-state index in [1.54, 1.807) is 25.1 Å². The molecule has 0 fully saturated rings. The highest BCUT2D eigenvalue weighted by Crippen LogP contribution is 2.34. The number of halogens is 2. The summed E-state index contributed by atoms with van der Waals surface area (Å²) in [6, 6.07) is 29.2. The van der Waals surface area contributed by atoms with E-state index < -0.39 is 8.25 Å². The lowest BCUT2D eigenvalue weighted by atomic mass is 10.0. The van der Waals surface area contributed by atoms with E-state index in [9.17, 15) is 4.57 Å². The predicted molar refractivity (Wildman–Crippen MR) is 269 cm³/mol. The monoisotopic (exact) mass is 956 g/mol. The summed E-state index contributed by atoms with van der Waals surface area (Å²) in [5, 5.41) is 8.62. The van der Waals surface area contributed by atoms with Gasteiger partial charge < -0.3 is 38.0 Å². The van der Waals surface area contributed by atoms with Gasteiger partial charge in [0, 0.05) is 45.4 Å². The second-order valence-corrected chi connectivity index (χ2v) is 19.5. The van der Waals surface area contributed by atoms with Gasteiger partial charge in [0.15, 0.2) is 0 Å². The molecule has 0 unspecified atom stereocenters. The fraction of sp³-hybridized carbons (Fsp3) is 0.407. The Morgan fingerprint density at radius 3 is 1.38 bits per heavy atom. The van der Waals surface area contributed by atoms with Gasteiger partial charge in [-0.15, -0.1) is 0 Å². The molecule has 0 aliphatic heterocycles. The number of benzene rings is 4. The smallest absolute Gasteiger partial charge is 0.319 e. The standard InChI is InChI=1S/C54H67Cl2N2O7P/c1-39(2)29-45-15-11-41(33-51(45)55)9-5-23-62-53-17-13-43(31-49(53)47-19-27-60-37-47)35-57-21-7-25-64-66(59)65-26-8-22-58-36-44-14-18-54(50(32-44)48-20-28-61-38-48)63-24-6-10-42-12-16-46(30-40(3)4)52(56)34-42/h11-20,27-28,31-34,37-40,57-58,66H,5-10,21-26,29-30,35-36H2,1-4H3. The molecule has 12 heteroatoms. The van der Waals surface area contributed by atoms with E-state index in [4.69, 9.17) is 50.6 Å². The number of hydrogen-bond acceptors (Lipinski definition) is 9. The van der Waals surface area contributed by atoms with Gasteiger partial charge in [0.05, 0.1) is 51.5 Å². The molecular weight excluding hydrogens is 890 g/mol. The first-order valence-corrected chi connectivity index (χ1v) is 25.4. The van der Waals surface area contributed by atoms with Crippen LogP contribution in [0.25, 0.3) is 22.3 Å². The summed E-state index contributed by atoms with van der Waals surface area (Å²) < 4.78 is 46.8. The van der Waals surface area contributed by atoms with Crippen LogP contribution in [0, 0.1) is 11.8 Å². The van der Waals surface area contributed by atoms with Crippen LogP contribution in [-0.4, -0.2) is 39.5 Å². The van der Waals surface area contributed by atoms with Crippen molar-refractivity contribution in [3.05, 3.63) is 153 Å². The molecule has 6 aromatic rings. The Kier molecular flexibility index (Phi) is 21.3. The molecule has 0 bridgehead atoms. The van der Waals surface area contributed by atoms with Crippen LogP contribution in [0.3, 0.4) is 0 Å². The molecule has 354 valence electrons. The van der Waals surface area contributed by atoms with Crippen LogP contribution < -0.4 is 20.1 Å². The van der Waals surface area contributed by atoms with Crippen LogP contribution >= 0.6 is 31.5 Å². The van der Waals surface area contributed by atoms with Crippen LogP contribution in [0.4, 0.5) is 0 Å². The van der Waals surface area contributed by atoms with Gasteiger partial charge in [-0.25, -0.2) is 0 Å². The van der Waals surface area contributed by atoms with E-state index in [2.05, 4.69) is 99.0 Å². The van der Waals surface area contributed by atoms with E-state index in [1.165, 1.54) is 22.3 Å². The predicted octanol–water partition coefficient (Wildman–Crippen LogP) is 14.0. The van der Waals surface area contributed by atoms with Crippen molar-refractivity contribution in [1.82, 2.24) is 10.6 Å². The molecule has 0 amide bonds. The van der Waals surface area contributed by atoms with Crippen molar-refractivity contribution in [1.29, 1.82) is 0 Å². The second-order valence-electron chi connectivity index (χ2n) is 17.6. The molecule has 6 rings (SSSR count). The molecular formula is C54H67Cl2N2O7P. The Morgan fingerprint density at radius 1 is 0.545 bits per heavy atom. The Morgan fingerprint density at radius 2 is 0.985 bits per heavy atom. The summed E-state index contributed by atoms with van der Waals surface area (Å²) >= 11 is 13.1. The minimum absolute atomic E-state index is 0.352. The minimum Gasteiger partial charge on any atom is -0.493 e. The lowest BCUT2D eigenvalue weighted by Gasteiger charge is -2.14. The summed E-state index contributed by atoms with van der Waals surface area (Å²) in [5.74, 6) is 2.78. The average Bonchev–Trinajstić information content (AvgIpc) is 4.05. The number of furan rings is 2. The molecule has 0 aliphatic rings. The van der Waals surface area contributed by atoms with E-state index in [0.717, 1.165) is 93.4 Å². The van der Waals surface area contributed by atoms with Crippen LogP contribution in [0.15, 0.2) is 119 Å². The summed E-state index contributed by atoms with van der Waals surface area (Å²) in [4.78, 5) is 0. The van der Waals surface area contributed by atoms with Gasteiger partial charge >= 0.3 is 8.25 Å². The van der Waals surface area contributed by atoms with Gasteiger partial charge in [0.25, 0.3) is 0 Å². The zero-order valence-corrected chi connectivity index (χ0v) is 41.5. The van der Waals surface area contributed by atoms with Gasteiger partial charge in [-0.05, 0) is 158 Å². The van der Waals surface area contributed by atoms with Gasteiger partial charge in [-0.1, -0.05) is 87.3 Å². The van der Waals surface area contributed by atoms with Crippen molar-refractivity contribution in [2.75, 3.05) is 39.5 Å². The van der Waals surface area contributed by atoms with Crippen molar-refractivity contribution >= 4 is 31.5 Å². The molecule has 4 aromatic carbocycles. The number of nitrogens with one attached hydrogen (secondary N) is 2. The molecule has 0 atom stereocenters. The minimum atomic E-state index is -2.57. The maximum absolute atomic E-state index is 12.4. The number of rotatable bonds is 30. The highest BCUT2D eigenvalue weighted by atomic mass is 35.5. The topological polar surface area (TPSA) is 104 Å². The van der Waals surface area contributed by atoms with Gasteiger partial charge in [0.2, 0.25) is 0 Å². The maximum atomic E-state index is 12.4. The second kappa shape index (κ2) is 27.5. The molecule has 0 spiro atoms. The molecule has 2 aromatic heterocycles. The normalized spacial score (nSPS) is 11.7. The Bertz CT molecular complexity index is 2210. The van der Waals surface area contributed by atoms with Crippen LogP contribution in [0.5, 0.6) is 11.5 Å². The molecule has 66 heavy (non-hydrogen) atoms. The SMILES string of the molecule is CC(C)Cc1ccc(CCCOc2ccc(CNCCCO[PH](=O)OCCCNCc3ccc(OCCCc4ccc(CC(C)C)c(Cl)c4)c(-c4ccoc4)c3)cc2-c2ccoc2)cc1Cl. The first kappa shape index (κ1) is 51.1. The highest BCUT2D eigenvalue weighted by Gasteiger charge is 2.13. The fourth-order valence-corrected chi connectivity index (χ4v) is 9.01. The molecule has 2 N–H and O–H groups in total. The van der Waals surface area contributed by atoms with Crippen molar-refractivity contribution < 1.29 is 31.9 Å². The van der Waals surface area contributed by atoms with Crippen molar-refractivity contribution in [2.24, 2.45) is 11.8 Å². The largest absolute Gasteiger partial charge is 0.493 e. The van der Waals surface area contributed by atoms with Crippen LogP contribution in [-0.2, 0) is 52.4 Å². The van der Waals surface area contributed by atoms with Gasteiger partial charge in [-0.2, -0.15) is 0 Å². The summed E-state index contributed by atoms with van der Waals surface area (Å²) in [6.45, 7) is 13.5. The molecule has 9 nitrogen and oxygen atoms in total. The molecule has 0 saturated heterocycles. The first-order valence-electron chi connectivity index (χ1n) is 23.4. The summed E-state index contributed by atoms with van der Waals surface area (Å²) in [6.07, 6.45) is 13.7. The van der Waals surface area contributed by atoms with E-state index in [-0.39, 0.29) is 0 Å². The maximum Gasteiger partial charge on any atom is 0.319 e. The van der Waals surface area contributed by atoms with E-state index in [1.807, 2.05) is 24.3 Å². The van der Waals surface area contributed by atoms with Crippen molar-refractivity contribution in [2.45, 2.75) is 92.2 Å². The molecule has 0 radical (unpaired) electrons. The zero-order valence-electron chi connectivity index (χ0n) is 39.0. The van der Waals surface area contributed by atoms with Crippen LogP contribution in [0.2, 0.25) is 10.0 Å². The lowest BCUT2D eigenvalue weighted by molar-refractivity contribution is 0.220. The Labute approximate surface area is 402 Å². The number of hydrogen-bond donors (Lipinski definition) is 2. The van der Waals surface area contributed by atoms with E-state index >= 15 is 0 Å². The number of aryl methyl sites for hydroxylation is 2. The quantitative estimate of drug-likeness (QED) is 0.0337.